The number of ether oxygens (including phenoxy) is 1. The first-order valence-electron chi connectivity index (χ1n) is 14.8. The summed E-state index contributed by atoms with van der Waals surface area (Å²) in [6.07, 6.45) is 7.84. The molecule has 0 bridgehead atoms. The van der Waals surface area contributed by atoms with Crippen LogP contribution in [0, 0.1) is 11.8 Å². The van der Waals surface area contributed by atoms with Crippen molar-refractivity contribution < 1.29 is 24.2 Å². The first-order valence-corrected chi connectivity index (χ1v) is 14.8. The lowest BCUT2D eigenvalue weighted by atomic mass is 9.74. The summed E-state index contributed by atoms with van der Waals surface area (Å²) in [5.41, 5.74) is -0.827. The maximum atomic E-state index is 14.9. The molecule has 2 saturated heterocycles. The molecule has 0 aromatic heterocycles. The van der Waals surface area contributed by atoms with Gasteiger partial charge < -0.3 is 24.5 Å². The first-order chi connectivity index (χ1) is 20.8. The Hall–Kier alpha value is -4.27. The van der Waals surface area contributed by atoms with Gasteiger partial charge in [-0.1, -0.05) is 85.0 Å². The fraction of sp³-hybridized carbons (Fsp3) is 0.343. The Kier molecular flexibility index (Phi) is 6.52. The summed E-state index contributed by atoms with van der Waals surface area (Å²) in [5.74, 6) is -2.58. The number of likely N-dealkylation sites (tertiary alicyclic amines) is 1. The molecule has 3 aromatic carbocycles. The topological polar surface area (TPSA) is 90.4 Å². The molecule has 0 radical (unpaired) electrons. The number of amides is 3. The van der Waals surface area contributed by atoms with Crippen LogP contribution in [-0.2, 0) is 25.5 Å². The second kappa shape index (κ2) is 10.2. The van der Waals surface area contributed by atoms with Crippen molar-refractivity contribution in [2.75, 3.05) is 31.6 Å². The van der Waals surface area contributed by atoms with Crippen LogP contribution in [0.2, 0.25) is 0 Å². The Bertz CT molecular complexity index is 1670. The summed E-state index contributed by atoms with van der Waals surface area (Å²) in [4.78, 5) is 48.3. The molecule has 0 saturated carbocycles. The number of aliphatic hydroxyl groups excluding tert-OH is 1. The highest BCUT2D eigenvalue weighted by molar-refractivity contribution is 6.07. The predicted molar refractivity (Wildman–Crippen MR) is 163 cm³/mol. The highest BCUT2D eigenvalue weighted by Gasteiger charge is 2.75. The summed E-state index contributed by atoms with van der Waals surface area (Å²) in [5, 5.41) is 12.8. The minimum Gasteiger partial charge on any atom is -0.394 e. The lowest BCUT2D eigenvalue weighted by molar-refractivity contribution is -0.150. The molecule has 3 amide bonds. The third kappa shape index (κ3) is 4.15. The first kappa shape index (κ1) is 27.6. The van der Waals surface area contributed by atoms with Gasteiger partial charge in [0.1, 0.15) is 11.6 Å². The second-order valence-electron chi connectivity index (χ2n) is 12.3. The maximum Gasteiger partial charge on any atom is 0.253 e. The van der Waals surface area contributed by atoms with E-state index in [0.717, 1.165) is 16.3 Å². The number of rotatable bonds is 5. The van der Waals surface area contributed by atoms with E-state index in [1.807, 2.05) is 104 Å². The zero-order chi connectivity index (χ0) is 29.9. The quantitative estimate of drug-likeness (QED) is 0.470. The molecule has 6 atom stereocenters. The number of nitrogens with zero attached hydrogens (tertiary/aromatic N) is 3. The Morgan fingerprint density at radius 3 is 2.35 bits per heavy atom. The molecule has 1 spiro atoms. The van der Waals surface area contributed by atoms with Gasteiger partial charge in [-0.25, -0.2) is 0 Å². The molecule has 8 nitrogen and oxygen atoms in total. The van der Waals surface area contributed by atoms with E-state index in [0.29, 0.717) is 18.7 Å². The Balaban J connectivity index is 1.38. The molecule has 2 fully saturated rings. The van der Waals surface area contributed by atoms with Crippen LogP contribution in [0.15, 0.2) is 97.1 Å². The van der Waals surface area contributed by atoms with E-state index in [1.165, 1.54) is 4.90 Å². The predicted octanol–water partition coefficient (Wildman–Crippen LogP) is 3.35. The highest BCUT2D eigenvalue weighted by atomic mass is 16.5. The van der Waals surface area contributed by atoms with Gasteiger partial charge >= 0.3 is 0 Å². The number of anilines is 1. The molecule has 8 heteroatoms. The molecule has 1 N–H and O–H groups in total. The summed E-state index contributed by atoms with van der Waals surface area (Å²) < 4.78 is 6.90. The largest absolute Gasteiger partial charge is 0.394 e. The Labute approximate surface area is 250 Å². The van der Waals surface area contributed by atoms with Crippen LogP contribution in [0.25, 0.3) is 10.8 Å². The zero-order valence-electron chi connectivity index (χ0n) is 24.3. The minimum absolute atomic E-state index is 0.191. The van der Waals surface area contributed by atoms with Crippen molar-refractivity contribution in [1.82, 2.24) is 9.80 Å². The van der Waals surface area contributed by atoms with Crippen molar-refractivity contribution in [2.45, 2.75) is 36.6 Å². The van der Waals surface area contributed by atoms with Crippen molar-refractivity contribution in [2.24, 2.45) is 11.8 Å². The lowest BCUT2D eigenvalue weighted by Gasteiger charge is -2.40. The van der Waals surface area contributed by atoms with Crippen LogP contribution in [0.1, 0.15) is 12.5 Å². The molecule has 220 valence electrons. The molecule has 7 rings (SSSR count). The van der Waals surface area contributed by atoms with Gasteiger partial charge in [0.25, 0.3) is 5.91 Å². The highest BCUT2D eigenvalue weighted by Crippen LogP contribution is 2.58. The molecule has 4 aliphatic heterocycles. The van der Waals surface area contributed by atoms with E-state index in [-0.39, 0.29) is 30.9 Å². The van der Waals surface area contributed by atoms with Crippen LogP contribution in [-0.4, -0.2) is 82.7 Å². The minimum atomic E-state index is -1.39. The summed E-state index contributed by atoms with van der Waals surface area (Å²) in [6, 6.07) is 21.7. The molecular formula is C35H35N3O5. The number of hydrogen-bond donors (Lipinski definition) is 1. The van der Waals surface area contributed by atoms with Gasteiger partial charge in [-0.15, -0.1) is 0 Å². The van der Waals surface area contributed by atoms with Crippen LogP contribution in [0.5, 0.6) is 0 Å². The smallest absolute Gasteiger partial charge is 0.253 e. The van der Waals surface area contributed by atoms with Gasteiger partial charge in [0.2, 0.25) is 11.8 Å². The summed E-state index contributed by atoms with van der Waals surface area (Å²) in [7, 11) is 1.72. The van der Waals surface area contributed by atoms with Gasteiger partial charge in [-0.05, 0) is 41.8 Å². The van der Waals surface area contributed by atoms with Gasteiger partial charge in [-0.3, -0.25) is 14.4 Å². The number of likely N-dealkylation sites (N-methyl/N-ethyl adjacent to an activating group) is 1. The van der Waals surface area contributed by atoms with E-state index < -0.39 is 35.1 Å². The number of hydrogen-bond acceptors (Lipinski definition) is 5. The van der Waals surface area contributed by atoms with Crippen LogP contribution >= 0.6 is 0 Å². The normalized spacial score (nSPS) is 30.7. The SMILES string of the molecule is CN1CC=C[C@]2(C)O[C@]34C=CCN(c5ccc6ccccc6c5)C(=O)C3N([C@@H](CO)Cc3ccccc3)C(=O)[C@@H]4[C@@H]2C1=O. The number of carbonyl (C=O) groups is 3. The average Bonchev–Trinajstić information content (AvgIpc) is 3.30. The molecule has 0 aliphatic carbocycles. The molecule has 43 heavy (non-hydrogen) atoms. The average molecular weight is 578 g/mol. The monoisotopic (exact) mass is 577 g/mol. The number of benzene rings is 3. The molecular weight excluding hydrogens is 542 g/mol. The van der Waals surface area contributed by atoms with E-state index in [2.05, 4.69) is 0 Å². The van der Waals surface area contributed by atoms with Crippen LogP contribution in [0.3, 0.4) is 0 Å². The van der Waals surface area contributed by atoms with E-state index in [1.54, 1.807) is 16.8 Å². The summed E-state index contributed by atoms with van der Waals surface area (Å²) in [6.45, 7) is 2.18. The van der Waals surface area contributed by atoms with Crippen molar-refractivity contribution in [3.05, 3.63) is 103 Å². The standard InChI is InChI=1S/C35H35N3O5/c1-34-16-8-18-36(2)31(40)28(34)29-32(41)38(27(22-39)20-23-10-4-3-5-11-23)30-33(42)37(19-9-17-35(29,30)43-34)26-15-14-24-12-6-7-13-25(24)21-26/h3-17,21,27-30,39H,18-20,22H2,1-2H3/t27-,28-,29+,30?,34+,35+/m1/s1. The fourth-order valence-corrected chi connectivity index (χ4v) is 7.69. The third-order valence-corrected chi connectivity index (χ3v) is 9.66. The molecule has 1 unspecified atom stereocenters. The maximum absolute atomic E-state index is 14.9. The number of fused-ring (bicyclic) bond motifs is 3. The molecule has 4 aliphatic rings. The van der Waals surface area contributed by atoms with Crippen molar-refractivity contribution in [3.63, 3.8) is 0 Å². The Morgan fingerprint density at radius 2 is 1.58 bits per heavy atom. The van der Waals surface area contributed by atoms with Crippen molar-refractivity contribution in [1.29, 1.82) is 0 Å². The lowest BCUT2D eigenvalue weighted by Crippen LogP contribution is -2.59. The number of carbonyl (C=O) groups excluding carboxylic acids is 3. The van der Waals surface area contributed by atoms with Gasteiger partial charge in [0.05, 0.1) is 30.1 Å². The second-order valence-corrected chi connectivity index (χ2v) is 12.3. The van der Waals surface area contributed by atoms with Crippen LogP contribution < -0.4 is 4.90 Å². The zero-order valence-corrected chi connectivity index (χ0v) is 24.3. The van der Waals surface area contributed by atoms with E-state index in [4.69, 9.17) is 4.74 Å². The van der Waals surface area contributed by atoms with Gasteiger partial charge in [0, 0.05) is 25.8 Å². The van der Waals surface area contributed by atoms with Gasteiger partial charge in [0.15, 0.2) is 0 Å². The third-order valence-electron chi connectivity index (χ3n) is 9.66. The fourth-order valence-electron chi connectivity index (χ4n) is 7.69. The molecule has 4 heterocycles. The molecule has 3 aromatic rings. The van der Waals surface area contributed by atoms with Crippen molar-refractivity contribution in [3.8, 4) is 0 Å². The van der Waals surface area contributed by atoms with E-state index in [9.17, 15) is 19.5 Å². The van der Waals surface area contributed by atoms with Gasteiger partial charge in [-0.2, -0.15) is 0 Å². The van der Waals surface area contributed by atoms with Crippen molar-refractivity contribution >= 4 is 34.2 Å². The van der Waals surface area contributed by atoms with E-state index >= 15 is 0 Å². The summed E-state index contributed by atoms with van der Waals surface area (Å²) >= 11 is 0. The Morgan fingerprint density at radius 1 is 0.860 bits per heavy atom. The van der Waals surface area contributed by atoms with Crippen LogP contribution in [0.4, 0.5) is 5.69 Å². The number of aliphatic hydroxyl groups is 1.